The summed E-state index contributed by atoms with van der Waals surface area (Å²) in [4.78, 5) is 0. The van der Waals surface area contributed by atoms with Crippen molar-refractivity contribution < 1.29 is 13.9 Å². The van der Waals surface area contributed by atoms with Gasteiger partial charge in [-0.2, -0.15) is 8.78 Å². The SMILES string of the molecule is CC(CCO)NCC(F)(F)c1ccccc1. The fourth-order valence-electron chi connectivity index (χ4n) is 1.38. The number of rotatable bonds is 6. The van der Waals surface area contributed by atoms with Gasteiger partial charge in [-0.05, 0) is 13.3 Å². The van der Waals surface area contributed by atoms with Crippen LogP contribution in [0.5, 0.6) is 0 Å². The van der Waals surface area contributed by atoms with E-state index in [1.165, 1.54) is 12.1 Å². The monoisotopic (exact) mass is 229 g/mol. The molecule has 16 heavy (non-hydrogen) atoms. The van der Waals surface area contributed by atoms with Gasteiger partial charge in [-0.25, -0.2) is 0 Å². The Balaban J connectivity index is 2.52. The quantitative estimate of drug-likeness (QED) is 0.783. The van der Waals surface area contributed by atoms with E-state index in [9.17, 15) is 8.78 Å². The molecule has 0 radical (unpaired) electrons. The van der Waals surface area contributed by atoms with Crippen LogP contribution in [-0.4, -0.2) is 24.3 Å². The van der Waals surface area contributed by atoms with Gasteiger partial charge >= 0.3 is 0 Å². The molecule has 0 bridgehead atoms. The van der Waals surface area contributed by atoms with Crippen molar-refractivity contribution in [3.8, 4) is 0 Å². The Morgan fingerprint density at radius 2 is 1.94 bits per heavy atom. The topological polar surface area (TPSA) is 32.3 Å². The first kappa shape index (κ1) is 13.1. The first-order valence-corrected chi connectivity index (χ1v) is 5.34. The number of alkyl halides is 2. The van der Waals surface area contributed by atoms with Crippen LogP contribution in [0.2, 0.25) is 0 Å². The van der Waals surface area contributed by atoms with E-state index in [0.717, 1.165) is 0 Å². The molecule has 2 nitrogen and oxygen atoms in total. The molecule has 0 aliphatic heterocycles. The summed E-state index contributed by atoms with van der Waals surface area (Å²) < 4.78 is 27.3. The van der Waals surface area contributed by atoms with Crippen LogP contribution in [0.4, 0.5) is 8.78 Å². The second kappa shape index (κ2) is 5.92. The molecule has 0 amide bonds. The van der Waals surface area contributed by atoms with Crippen LogP contribution in [0, 0.1) is 0 Å². The summed E-state index contributed by atoms with van der Waals surface area (Å²) in [6.07, 6.45) is 0.477. The van der Waals surface area contributed by atoms with Crippen LogP contribution >= 0.6 is 0 Å². The zero-order valence-corrected chi connectivity index (χ0v) is 9.29. The van der Waals surface area contributed by atoms with Crippen molar-refractivity contribution in [2.75, 3.05) is 13.2 Å². The highest BCUT2D eigenvalue weighted by molar-refractivity contribution is 5.20. The highest BCUT2D eigenvalue weighted by atomic mass is 19.3. The van der Waals surface area contributed by atoms with Gasteiger partial charge in [0.25, 0.3) is 5.92 Å². The molecule has 1 unspecified atom stereocenters. The standard InChI is InChI=1S/C12H17F2NO/c1-10(7-8-16)15-9-12(13,14)11-5-3-2-4-6-11/h2-6,10,15-16H,7-9H2,1H3. The minimum absolute atomic E-state index is 0.00503. The predicted molar refractivity (Wildman–Crippen MR) is 59.5 cm³/mol. The molecule has 0 aromatic heterocycles. The third-order valence-corrected chi connectivity index (χ3v) is 2.43. The molecular formula is C12H17F2NO. The molecule has 0 heterocycles. The van der Waals surface area contributed by atoms with E-state index in [1.54, 1.807) is 25.1 Å². The Hall–Kier alpha value is -1.00. The molecule has 1 aromatic rings. The zero-order valence-electron chi connectivity index (χ0n) is 9.29. The van der Waals surface area contributed by atoms with Crippen LogP contribution in [0.15, 0.2) is 30.3 Å². The fraction of sp³-hybridized carbons (Fsp3) is 0.500. The van der Waals surface area contributed by atoms with E-state index in [2.05, 4.69) is 5.32 Å². The van der Waals surface area contributed by atoms with Crippen molar-refractivity contribution in [2.45, 2.75) is 25.3 Å². The number of aliphatic hydroxyl groups excluding tert-OH is 1. The van der Waals surface area contributed by atoms with Crippen molar-refractivity contribution in [1.82, 2.24) is 5.32 Å². The average molecular weight is 229 g/mol. The minimum atomic E-state index is -2.87. The van der Waals surface area contributed by atoms with E-state index in [-0.39, 0.29) is 18.2 Å². The first-order valence-electron chi connectivity index (χ1n) is 5.34. The number of hydrogen-bond donors (Lipinski definition) is 2. The fourth-order valence-corrected chi connectivity index (χ4v) is 1.38. The van der Waals surface area contributed by atoms with E-state index in [1.807, 2.05) is 0 Å². The van der Waals surface area contributed by atoms with Gasteiger partial charge < -0.3 is 10.4 Å². The van der Waals surface area contributed by atoms with Gasteiger partial charge in [-0.15, -0.1) is 0 Å². The number of aliphatic hydroxyl groups is 1. The normalized spacial score (nSPS) is 13.8. The van der Waals surface area contributed by atoms with Gasteiger partial charge in [-0.1, -0.05) is 30.3 Å². The molecule has 0 spiro atoms. The lowest BCUT2D eigenvalue weighted by molar-refractivity contribution is -0.00588. The maximum absolute atomic E-state index is 13.6. The van der Waals surface area contributed by atoms with Gasteiger partial charge in [-0.3, -0.25) is 0 Å². The molecule has 4 heteroatoms. The van der Waals surface area contributed by atoms with Crippen molar-refractivity contribution in [2.24, 2.45) is 0 Å². The summed E-state index contributed by atoms with van der Waals surface area (Å²) in [5.74, 6) is -2.87. The van der Waals surface area contributed by atoms with Gasteiger partial charge in [0.1, 0.15) is 0 Å². The van der Waals surface area contributed by atoms with Crippen LogP contribution in [-0.2, 0) is 5.92 Å². The predicted octanol–water partition coefficient (Wildman–Crippen LogP) is 2.14. The Bertz CT molecular complexity index is 303. The number of hydrogen-bond acceptors (Lipinski definition) is 2. The number of nitrogens with one attached hydrogen (secondary N) is 1. The van der Waals surface area contributed by atoms with Gasteiger partial charge in [0, 0.05) is 18.2 Å². The molecule has 2 N–H and O–H groups in total. The van der Waals surface area contributed by atoms with Crippen molar-refractivity contribution in [3.63, 3.8) is 0 Å². The zero-order chi connectivity index (χ0) is 12.0. The summed E-state index contributed by atoms with van der Waals surface area (Å²) in [5.41, 5.74) is 0.0127. The molecule has 90 valence electrons. The molecule has 1 aromatic carbocycles. The van der Waals surface area contributed by atoms with Crippen LogP contribution in [0.1, 0.15) is 18.9 Å². The van der Waals surface area contributed by atoms with E-state index >= 15 is 0 Å². The lowest BCUT2D eigenvalue weighted by atomic mass is 10.1. The second-order valence-corrected chi connectivity index (χ2v) is 3.86. The molecule has 0 saturated carbocycles. The summed E-state index contributed by atoms with van der Waals surface area (Å²) >= 11 is 0. The number of halogens is 2. The molecule has 0 fully saturated rings. The molecule has 1 atom stereocenters. The first-order chi connectivity index (χ1) is 7.56. The second-order valence-electron chi connectivity index (χ2n) is 3.86. The molecule has 1 rings (SSSR count). The van der Waals surface area contributed by atoms with Crippen molar-refractivity contribution >= 4 is 0 Å². The third-order valence-electron chi connectivity index (χ3n) is 2.43. The lowest BCUT2D eigenvalue weighted by Gasteiger charge is -2.20. The van der Waals surface area contributed by atoms with Crippen LogP contribution in [0.25, 0.3) is 0 Å². The van der Waals surface area contributed by atoms with E-state index < -0.39 is 12.5 Å². The van der Waals surface area contributed by atoms with Crippen LogP contribution in [0.3, 0.4) is 0 Å². The summed E-state index contributed by atoms with van der Waals surface area (Å²) in [6, 6.07) is 7.62. The Kier molecular flexibility index (Phi) is 4.83. The summed E-state index contributed by atoms with van der Waals surface area (Å²) in [7, 11) is 0. The van der Waals surface area contributed by atoms with Crippen LogP contribution < -0.4 is 5.32 Å². The average Bonchev–Trinajstić information content (AvgIpc) is 2.28. The maximum Gasteiger partial charge on any atom is 0.285 e. The van der Waals surface area contributed by atoms with Crippen molar-refractivity contribution in [1.29, 1.82) is 0 Å². The smallest absolute Gasteiger partial charge is 0.285 e. The molecular weight excluding hydrogens is 212 g/mol. The van der Waals surface area contributed by atoms with Gasteiger partial charge in [0.05, 0.1) is 6.54 Å². The maximum atomic E-state index is 13.6. The third kappa shape index (κ3) is 3.87. The number of benzene rings is 1. The summed E-state index contributed by atoms with van der Waals surface area (Å²) in [5, 5.41) is 11.4. The van der Waals surface area contributed by atoms with Crippen molar-refractivity contribution in [3.05, 3.63) is 35.9 Å². The summed E-state index contributed by atoms with van der Waals surface area (Å²) in [6.45, 7) is 1.38. The lowest BCUT2D eigenvalue weighted by Crippen LogP contribution is -2.36. The Labute approximate surface area is 94.3 Å². The Morgan fingerprint density at radius 1 is 1.31 bits per heavy atom. The largest absolute Gasteiger partial charge is 0.396 e. The van der Waals surface area contributed by atoms with E-state index in [4.69, 9.17) is 5.11 Å². The molecule has 0 aliphatic carbocycles. The molecule has 0 saturated heterocycles. The van der Waals surface area contributed by atoms with Gasteiger partial charge in [0.15, 0.2) is 0 Å². The van der Waals surface area contributed by atoms with E-state index in [0.29, 0.717) is 6.42 Å². The highest BCUT2D eigenvalue weighted by Gasteiger charge is 2.31. The molecule has 0 aliphatic rings. The minimum Gasteiger partial charge on any atom is -0.396 e. The Morgan fingerprint density at radius 3 is 2.50 bits per heavy atom. The highest BCUT2D eigenvalue weighted by Crippen LogP contribution is 2.26. The van der Waals surface area contributed by atoms with Gasteiger partial charge in [0.2, 0.25) is 0 Å².